The molecule has 0 aliphatic heterocycles. The summed E-state index contributed by atoms with van der Waals surface area (Å²) >= 11 is 0. The van der Waals surface area contributed by atoms with E-state index >= 15 is 0 Å². The molecule has 0 aromatic heterocycles. The minimum absolute atomic E-state index is 0.240. The lowest BCUT2D eigenvalue weighted by atomic mass is 9.99. The van der Waals surface area contributed by atoms with Crippen LogP contribution in [0.5, 0.6) is 0 Å². The maximum absolute atomic E-state index is 13.0. The summed E-state index contributed by atoms with van der Waals surface area (Å²) < 4.78 is 40.9. The van der Waals surface area contributed by atoms with Gasteiger partial charge in [0.1, 0.15) is 5.82 Å². The van der Waals surface area contributed by atoms with Gasteiger partial charge in [0.25, 0.3) is 0 Å². The van der Waals surface area contributed by atoms with Gasteiger partial charge in [0.05, 0.1) is 4.90 Å². The fourth-order valence-electron chi connectivity index (χ4n) is 3.22. The monoisotopic (exact) mass is 357 g/mol. The van der Waals surface area contributed by atoms with E-state index in [4.69, 9.17) is 0 Å². The molecule has 2 aliphatic carbocycles. The van der Waals surface area contributed by atoms with Crippen LogP contribution in [-0.4, -0.2) is 14.0 Å². The molecule has 2 aromatic rings. The Balaban J connectivity index is 1.56. The predicted molar refractivity (Wildman–Crippen MR) is 96.2 cm³/mol. The molecule has 0 unspecified atom stereocenters. The van der Waals surface area contributed by atoms with Gasteiger partial charge in [0, 0.05) is 5.54 Å². The molecule has 0 atom stereocenters. The first-order valence-corrected chi connectivity index (χ1v) is 9.94. The van der Waals surface area contributed by atoms with Crippen molar-refractivity contribution >= 4 is 15.6 Å². The fourth-order valence-corrected chi connectivity index (χ4v) is 4.74. The van der Waals surface area contributed by atoms with Gasteiger partial charge in [-0.05, 0) is 79.1 Å². The first kappa shape index (κ1) is 16.5. The summed E-state index contributed by atoms with van der Waals surface area (Å²) in [5.74, 6) is -0.240. The summed E-state index contributed by atoms with van der Waals surface area (Å²) in [6.45, 7) is 1.93. The highest BCUT2D eigenvalue weighted by molar-refractivity contribution is 7.89. The van der Waals surface area contributed by atoms with Crippen molar-refractivity contribution in [2.24, 2.45) is 0 Å². The van der Waals surface area contributed by atoms with E-state index in [2.05, 4.69) is 10.8 Å². The van der Waals surface area contributed by atoms with Gasteiger partial charge in [0.15, 0.2) is 0 Å². The van der Waals surface area contributed by atoms with Crippen LogP contribution in [0.15, 0.2) is 53.4 Å². The lowest BCUT2D eigenvalue weighted by Gasteiger charge is -2.13. The molecule has 0 bridgehead atoms. The number of rotatable bonds is 5. The van der Waals surface area contributed by atoms with Crippen LogP contribution in [0.25, 0.3) is 5.57 Å². The molecule has 2 aromatic carbocycles. The SMILES string of the molecule is CC1(NS(=O)(=O)c2ccc3c(c2)CC=C3Cc2ccc(F)cc2)CC1. The lowest BCUT2D eigenvalue weighted by Crippen LogP contribution is -2.34. The normalized spacial score (nSPS) is 17.9. The minimum Gasteiger partial charge on any atom is -0.207 e. The maximum Gasteiger partial charge on any atom is 0.241 e. The summed E-state index contributed by atoms with van der Waals surface area (Å²) in [6.07, 6.45) is 5.35. The number of hydrogen-bond acceptors (Lipinski definition) is 2. The average molecular weight is 357 g/mol. The van der Waals surface area contributed by atoms with E-state index in [0.29, 0.717) is 4.90 Å². The van der Waals surface area contributed by atoms with Crippen molar-refractivity contribution in [2.75, 3.05) is 0 Å². The molecular weight excluding hydrogens is 337 g/mol. The molecule has 2 aliphatic rings. The van der Waals surface area contributed by atoms with Crippen LogP contribution in [0.2, 0.25) is 0 Å². The quantitative estimate of drug-likeness (QED) is 0.884. The van der Waals surface area contributed by atoms with E-state index in [-0.39, 0.29) is 11.4 Å². The molecule has 0 heterocycles. The predicted octanol–water partition coefficient (Wildman–Crippen LogP) is 3.84. The molecule has 0 saturated heterocycles. The Morgan fingerprint density at radius 2 is 1.84 bits per heavy atom. The molecule has 5 heteroatoms. The van der Waals surface area contributed by atoms with Gasteiger partial charge in [0.2, 0.25) is 10.0 Å². The zero-order valence-electron chi connectivity index (χ0n) is 14.0. The van der Waals surface area contributed by atoms with Crippen LogP contribution in [0.1, 0.15) is 36.5 Å². The number of sulfonamides is 1. The topological polar surface area (TPSA) is 46.2 Å². The first-order chi connectivity index (χ1) is 11.8. The number of allylic oxidation sites excluding steroid dienone is 2. The van der Waals surface area contributed by atoms with Gasteiger partial charge >= 0.3 is 0 Å². The molecule has 0 spiro atoms. The molecule has 1 fully saturated rings. The van der Waals surface area contributed by atoms with Crippen LogP contribution in [-0.2, 0) is 22.9 Å². The summed E-state index contributed by atoms with van der Waals surface area (Å²) in [6, 6.07) is 11.8. The highest BCUT2D eigenvalue weighted by Crippen LogP contribution is 2.37. The van der Waals surface area contributed by atoms with Crippen molar-refractivity contribution in [1.29, 1.82) is 0 Å². The zero-order chi connectivity index (χ0) is 17.7. The Morgan fingerprint density at radius 1 is 1.12 bits per heavy atom. The molecule has 130 valence electrons. The second kappa shape index (κ2) is 5.78. The molecule has 0 radical (unpaired) electrons. The highest BCUT2D eigenvalue weighted by atomic mass is 32.2. The Kier molecular flexibility index (Phi) is 3.81. The van der Waals surface area contributed by atoms with Crippen molar-refractivity contribution in [1.82, 2.24) is 4.72 Å². The third-order valence-corrected chi connectivity index (χ3v) is 6.63. The molecular formula is C20H20FNO2S. The summed E-state index contributed by atoms with van der Waals surface area (Å²) in [5, 5.41) is 0. The van der Waals surface area contributed by atoms with Gasteiger partial charge in [-0.3, -0.25) is 0 Å². The second-order valence-electron chi connectivity index (χ2n) is 7.22. The Labute approximate surface area is 147 Å². The van der Waals surface area contributed by atoms with Crippen molar-refractivity contribution < 1.29 is 12.8 Å². The molecule has 3 nitrogen and oxygen atoms in total. The maximum atomic E-state index is 13.0. The standard InChI is InChI=1S/C20H20FNO2S/c1-20(10-11-20)22-25(23,24)18-8-9-19-15(4-5-16(19)13-18)12-14-2-6-17(21)7-3-14/h2-4,6-9,13,22H,5,10-12H2,1H3. The average Bonchev–Trinajstić information content (AvgIpc) is 3.15. The van der Waals surface area contributed by atoms with Gasteiger partial charge < -0.3 is 0 Å². The third kappa shape index (κ3) is 3.39. The summed E-state index contributed by atoms with van der Waals surface area (Å²) in [7, 11) is -3.47. The van der Waals surface area contributed by atoms with E-state index < -0.39 is 10.0 Å². The van der Waals surface area contributed by atoms with Crippen LogP contribution in [0.3, 0.4) is 0 Å². The van der Waals surface area contributed by atoms with E-state index in [9.17, 15) is 12.8 Å². The lowest BCUT2D eigenvalue weighted by molar-refractivity contribution is 0.558. The van der Waals surface area contributed by atoms with Gasteiger partial charge in [-0.25, -0.2) is 17.5 Å². The first-order valence-electron chi connectivity index (χ1n) is 8.45. The summed E-state index contributed by atoms with van der Waals surface area (Å²) in [4.78, 5) is 0.329. The van der Waals surface area contributed by atoms with E-state index in [1.165, 1.54) is 12.1 Å². The van der Waals surface area contributed by atoms with E-state index in [0.717, 1.165) is 47.9 Å². The number of halogens is 1. The number of nitrogens with one attached hydrogen (secondary N) is 1. The molecule has 25 heavy (non-hydrogen) atoms. The van der Waals surface area contributed by atoms with Gasteiger partial charge in [-0.2, -0.15) is 0 Å². The fraction of sp³-hybridized carbons (Fsp3) is 0.300. The minimum atomic E-state index is -3.47. The highest BCUT2D eigenvalue weighted by Gasteiger charge is 2.41. The Bertz CT molecular complexity index is 958. The van der Waals surface area contributed by atoms with Crippen molar-refractivity contribution in [3.05, 3.63) is 71.0 Å². The second-order valence-corrected chi connectivity index (χ2v) is 8.90. The van der Waals surface area contributed by atoms with E-state index in [1.807, 2.05) is 13.0 Å². The van der Waals surface area contributed by atoms with E-state index in [1.54, 1.807) is 24.3 Å². The summed E-state index contributed by atoms with van der Waals surface area (Å²) in [5.41, 5.74) is 4.04. The largest absolute Gasteiger partial charge is 0.241 e. The molecule has 0 amide bonds. The molecule has 4 rings (SSSR count). The number of hydrogen-bond donors (Lipinski definition) is 1. The van der Waals surface area contributed by atoms with Crippen molar-refractivity contribution in [2.45, 2.75) is 43.0 Å². The van der Waals surface area contributed by atoms with Crippen molar-refractivity contribution in [3.63, 3.8) is 0 Å². The van der Waals surface area contributed by atoms with Gasteiger partial charge in [-0.15, -0.1) is 0 Å². The number of fused-ring (bicyclic) bond motifs is 1. The van der Waals surface area contributed by atoms with Crippen molar-refractivity contribution in [3.8, 4) is 0 Å². The van der Waals surface area contributed by atoms with Crippen LogP contribution in [0.4, 0.5) is 4.39 Å². The zero-order valence-corrected chi connectivity index (χ0v) is 14.9. The van der Waals surface area contributed by atoms with Crippen LogP contribution >= 0.6 is 0 Å². The Hall–Kier alpha value is -1.98. The van der Waals surface area contributed by atoms with Gasteiger partial charge in [-0.1, -0.05) is 24.3 Å². The third-order valence-electron chi connectivity index (χ3n) is 4.99. The number of benzene rings is 2. The van der Waals surface area contributed by atoms with Crippen LogP contribution in [0, 0.1) is 5.82 Å². The molecule has 1 N–H and O–H groups in total. The smallest absolute Gasteiger partial charge is 0.207 e. The Morgan fingerprint density at radius 3 is 2.52 bits per heavy atom. The molecule has 1 saturated carbocycles. The van der Waals surface area contributed by atoms with Crippen LogP contribution < -0.4 is 4.72 Å².